The molecule has 300 valence electrons. The van der Waals surface area contributed by atoms with E-state index in [1.807, 2.05) is 0 Å². The predicted octanol–water partition coefficient (Wildman–Crippen LogP) is 10.1. The number of nitrogens with zero attached hydrogens (tertiary/aromatic N) is 4. The van der Waals surface area contributed by atoms with Gasteiger partial charge in [-0.1, -0.05) is 0 Å². The zero-order valence-corrected chi connectivity index (χ0v) is 29.0. The Labute approximate surface area is 319 Å². The molecule has 3 aromatic carbocycles. The molecule has 0 amide bonds. The van der Waals surface area contributed by atoms with Gasteiger partial charge in [-0.05, 0) is 59.1 Å². The molecule has 3 aromatic rings. The van der Waals surface area contributed by atoms with Crippen molar-refractivity contribution in [3.8, 4) is 17.9 Å². The molecule has 2 aliphatic rings. The Morgan fingerprint density at radius 2 is 0.966 bits per heavy atom. The SMILES string of the molecule is [C-]#[N+]C([N+]#[C-])=C1Cc2c(SC(F)(F)F)c3c(c(SC(F)(F)F)c2=C1c1c(F)c(F)c(C)c(F)c1F)CC(=C(C#N)C#N)C=3c1c(F)c(F)c(OC(F)(F)F)c(F)c1F. The number of nitriles is 2. The summed E-state index contributed by atoms with van der Waals surface area (Å²) in [6, 6.07) is 2.22. The summed E-state index contributed by atoms with van der Waals surface area (Å²) in [7, 11) is 0. The molecule has 0 radical (unpaired) electrons. The lowest BCUT2D eigenvalue weighted by Crippen LogP contribution is -2.27. The minimum Gasteiger partial charge on any atom is -0.399 e. The predicted molar refractivity (Wildman–Crippen MR) is 164 cm³/mol. The van der Waals surface area contributed by atoms with Crippen molar-refractivity contribution < 1.29 is 79.4 Å². The van der Waals surface area contributed by atoms with Gasteiger partial charge in [-0.3, -0.25) is 0 Å². The zero-order valence-electron chi connectivity index (χ0n) is 27.4. The van der Waals surface area contributed by atoms with Gasteiger partial charge < -0.3 is 4.74 Å². The van der Waals surface area contributed by atoms with Gasteiger partial charge in [0, 0.05) is 37.8 Å². The first kappa shape index (κ1) is 43.3. The first-order chi connectivity index (χ1) is 26.7. The minimum absolute atomic E-state index is 0.503. The van der Waals surface area contributed by atoms with E-state index in [1.54, 1.807) is 0 Å². The molecule has 0 bridgehead atoms. The fourth-order valence-corrected chi connectivity index (χ4v) is 7.94. The van der Waals surface area contributed by atoms with Crippen LogP contribution in [-0.4, -0.2) is 17.4 Å². The molecule has 58 heavy (non-hydrogen) atoms. The molecule has 2 aliphatic carbocycles. The summed E-state index contributed by atoms with van der Waals surface area (Å²) < 4.78 is 252. The minimum atomic E-state index is -6.05. The third-order valence-electron chi connectivity index (χ3n) is 8.28. The molecular formula is C34H7F17N4OS2. The van der Waals surface area contributed by atoms with Crippen LogP contribution in [0.4, 0.5) is 74.6 Å². The molecular weight excluding hydrogens is 868 g/mol. The fraction of sp³-hybridized carbons (Fsp3) is 0.176. The summed E-state index contributed by atoms with van der Waals surface area (Å²) >= 11 is -2.76. The highest BCUT2D eigenvalue weighted by Crippen LogP contribution is 2.49. The van der Waals surface area contributed by atoms with Gasteiger partial charge in [-0.25, -0.2) is 26.3 Å². The normalized spacial score (nSPS) is 13.8. The Bertz CT molecular complexity index is 2670. The van der Waals surface area contributed by atoms with E-state index < -0.39 is 188 Å². The third-order valence-corrected chi connectivity index (χ3v) is 10.1. The van der Waals surface area contributed by atoms with Gasteiger partial charge in [0.2, 0.25) is 17.4 Å². The van der Waals surface area contributed by atoms with Crippen LogP contribution in [0, 0.1) is 89.3 Å². The molecule has 0 atom stereocenters. The number of ether oxygens (including phenoxy) is 1. The van der Waals surface area contributed by atoms with Crippen molar-refractivity contribution in [3.05, 3.63) is 130 Å². The Balaban J connectivity index is 2.27. The largest absolute Gasteiger partial charge is 0.573 e. The lowest BCUT2D eigenvalue weighted by Gasteiger charge is -2.18. The van der Waals surface area contributed by atoms with Crippen LogP contribution in [0.5, 0.6) is 5.75 Å². The summed E-state index contributed by atoms with van der Waals surface area (Å²) in [5.74, 6) is -25.2. The first-order valence-electron chi connectivity index (χ1n) is 14.7. The maximum absolute atomic E-state index is 15.8. The Morgan fingerprint density at radius 1 is 0.603 bits per heavy atom. The summed E-state index contributed by atoms with van der Waals surface area (Å²) in [4.78, 5) is 2.38. The lowest BCUT2D eigenvalue weighted by atomic mass is 9.94. The second-order valence-corrected chi connectivity index (χ2v) is 13.6. The molecule has 0 aliphatic heterocycles. The van der Waals surface area contributed by atoms with Crippen LogP contribution in [0.1, 0.15) is 27.8 Å². The van der Waals surface area contributed by atoms with Crippen molar-refractivity contribution in [2.75, 3.05) is 0 Å². The van der Waals surface area contributed by atoms with Gasteiger partial charge in [-0.2, -0.15) is 55.3 Å². The van der Waals surface area contributed by atoms with E-state index in [0.29, 0.717) is 6.92 Å². The summed E-state index contributed by atoms with van der Waals surface area (Å²) in [6.45, 7) is 15.3. The number of hydrogen-bond donors (Lipinski definition) is 0. The molecule has 24 heteroatoms. The van der Waals surface area contributed by atoms with Crippen LogP contribution < -0.4 is 15.2 Å². The van der Waals surface area contributed by atoms with E-state index in [1.165, 1.54) is 0 Å². The highest BCUT2D eigenvalue weighted by atomic mass is 32.2. The zero-order chi connectivity index (χ0) is 43.7. The van der Waals surface area contributed by atoms with E-state index in [4.69, 9.17) is 13.1 Å². The van der Waals surface area contributed by atoms with Gasteiger partial charge >= 0.3 is 23.2 Å². The number of benzene rings is 3. The van der Waals surface area contributed by atoms with Crippen LogP contribution in [0.3, 0.4) is 0 Å². The van der Waals surface area contributed by atoms with Crippen LogP contribution in [0.15, 0.2) is 32.3 Å². The molecule has 0 fully saturated rings. The second-order valence-electron chi connectivity index (χ2n) is 11.4. The van der Waals surface area contributed by atoms with Crippen molar-refractivity contribution in [1.82, 2.24) is 0 Å². The van der Waals surface area contributed by atoms with Crippen molar-refractivity contribution in [1.29, 1.82) is 10.5 Å². The molecule has 0 spiro atoms. The molecule has 0 aromatic heterocycles. The summed E-state index contributed by atoms with van der Waals surface area (Å²) in [5.41, 5.74) is -26.6. The Hall–Kier alpha value is -5.85. The number of rotatable bonds is 5. The van der Waals surface area contributed by atoms with E-state index in [9.17, 15) is 50.0 Å². The smallest absolute Gasteiger partial charge is 0.399 e. The van der Waals surface area contributed by atoms with Crippen molar-refractivity contribution in [2.24, 2.45) is 0 Å². The number of halogens is 17. The van der Waals surface area contributed by atoms with E-state index in [2.05, 4.69) is 14.4 Å². The Morgan fingerprint density at radius 3 is 1.31 bits per heavy atom. The third kappa shape index (κ3) is 7.26. The number of allylic oxidation sites excluding steroid dienone is 3. The van der Waals surface area contributed by atoms with Crippen molar-refractivity contribution in [3.63, 3.8) is 0 Å². The quantitative estimate of drug-likeness (QED) is 0.0840. The second kappa shape index (κ2) is 14.8. The Kier molecular flexibility index (Phi) is 11.1. The van der Waals surface area contributed by atoms with E-state index in [-0.39, 0.29) is 0 Å². The molecule has 5 rings (SSSR count). The summed E-state index contributed by atoms with van der Waals surface area (Å²) in [5, 5.41) is 16.4. The fourth-order valence-electron chi connectivity index (χ4n) is 6.23. The standard InChI is InChI=1S/C34H7F17N4OS2/c1-8-20(35)22(37)19(23(38)21(8)36)15-13(31(54-2)55-3)5-12-17(15)29(57-33(46,47)48)11-4-10(9(6-52)7-53)14(16(11)30(12)58-34(49,50)51)18-24(39)26(41)28(27(42)25(18)40)56-32(43,44)45/h4-5H2,1H3. The van der Waals surface area contributed by atoms with E-state index in [0.717, 1.165) is 12.1 Å². The molecule has 5 nitrogen and oxygen atoms in total. The molecule has 0 unspecified atom stereocenters. The van der Waals surface area contributed by atoms with Gasteiger partial charge in [0.1, 0.15) is 30.9 Å². The van der Waals surface area contributed by atoms with Gasteiger partial charge in [0.25, 0.3) is 0 Å². The number of hydrogen-bond acceptors (Lipinski definition) is 5. The van der Waals surface area contributed by atoms with Crippen LogP contribution in [0.2, 0.25) is 0 Å². The number of thioether (sulfide) groups is 2. The van der Waals surface area contributed by atoms with Crippen LogP contribution >= 0.6 is 23.5 Å². The molecule has 0 N–H and O–H groups in total. The van der Waals surface area contributed by atoms with Crippen molar-refractivity contribution >= 4 is 34.7 Å². The maximum Gasteiger partial charge on any atom is 0.573 e. The maximum atomic E-state index is 15.8. The van der Waals surface area contributed by atoms with Crippen molar-refractivity contribution in [2.45, 2.75) is 46.9 Å². The number of alkyl halides is 9. The molecule has 0 saturated carbocycles. The van der Waals surface area contributed by atoms with Gasteiger partial charge in [0.05, 0.1) is 16.7 Å². The first-order valence-corrected chi connectivity index (χ1v) is 16.3. The highest BCUT2D eigenvalue weighted by molar-refractivity contribution is 8.00. The average Bonchev–Trinajstić information content (AvgIpc) is 3.69. The molecule has 0 heterocycles. The summed E-state index contributed by atoms with van der Waals surface area (Å²) in [6.07, 6.45) is -9.07. The van der Waals surface area contributed by atoms with Gasteiger partial charge in [0.15, 0.2) is 34.9 Å². The average molecular weight is 875 g/mol. The highest BCUT2D eigenvalue weighted by Gasteiger charge is 2.46. The topological polar surface area (TPSA) is 65.5 Å². The van der Waals surface area contributed by atoms with Crippen LogP contribution in [-0.2, 0) is 12.8 Å². The lowest BCUT2D eigenvalue weighted by molar-refractivity contribution is -0.276. The monoisotopic (exact) mass is 874 g/mol. The number of fused-ring (bicyclic) bond motifs is 2. The molecule has 0 saturated heterocycles. The van der Waals surface area contributed by atoms with Gasteiger partial charge in [-0.15, -0.1) is 13.2 Å². The van der Waals surface area contributed by atoms with E-state index >= 15 is 35.1 Å². The van der Waals surface area contributed by atoms with Crippen LogP contribution in [0.25, 0.3) is 20.8 Å².